The largest absolute Gasteiger partial charge is 0.490 e. The summed E-state index contributed by atoms with van der Waals surface area (Å²) in [5, 5.41) is 11.0. The molecule has 0 bridgehead atoms. The van der Waals surface area contributed by atoms with Gasteiger partial charge in [0.1, 0.15) is 0 Å². The third-order valence-electron chi connectivity index (χ3n) is 4.56. The number of ether oxygens (including phenoxy) is 1. The number of rotatable bonds is 5. The Kier molecular flexibility index (Phi) is 5.36. The highest BCUT2D eigenvalue weighted by Gasteiger charge is 2.23. The van der Waals surface area contributed by atoms with Gasteiger partial charge in [-0.3, -0.25) is 14.9 Å². The monoisotopic (exact) mass is 355 g/mol. The van der Waals surface area contributed by atoms with E-state index in [0.717, 1.165) is 11.3 Å². The second-order valence-corrected chi connectivity index (χ2v) is 6.14. The molecule has 136 valence electrons. The molecule has 1 saturated heterocycles. The Bertz CT molecular complexity index is 787. The zero-order chi connectivity index (χ0) is 18.5. The van der Waals surface area contributed by atoms with E-state index in [2.05, 4.69) is 4.90 Å². The maximum absolute atomic E-state index is 12.4. The lowest BCUT2D eigenvalue weighted by Gasteiger charge is -2.36. The minimum Gasteiger partial charge on any atom is -0.490 e. The molecule has 1 aliphatic rings. The van der Waals surface area contributed by atoms with Gasteiger partial charge in [-0.05, 0) is 11.6 Å². The topological polar surface area (TPSA) is 75.9 Å². The molecule has 3 rings (SSSR count). The van der Waals surface area contributed by atoms with E-state index >= 15 is 0 Å². The van der Waals surface area contributed by atoms with Gasteiger partial charge in [-0.2, -0.15) is 0 Å². The summed E-state index contributed by atoms with van der Waals surface area (Å²) in [6.45, 7) is 2.62. The maximum atomic E-state index is 12.4. The van der Waals surface area contributed by atoms with E-state index in [1.165, 1.54) is 13.2 Å². The minimum atomic E-state index is -0.456. The van der Waals surface area contributed by atoms with Crippen LogP contribution in [-0.4, -0.2) is 49.0 Å². The molecule has 0 radical (unpaired) electrons. The molecule has 2 aromatic carbocycles. The van der Waals surface area contributed by atoms with Crippen LogP contribution in [0.3, 0.4) is 0 Å². The van der Waals surface area contributed by atoms with E-state index in [1.807, 2.05) is 35.2 Å². The molecule has 2 aromatic rings. The second-order valence-electron chi connectivity index (χ2n) is 6.14. The van der Waals surface area contributed by atoms with Crippen molar-refractivity contribution in [3.63, 3.8) is 0 Å². The first kappa shape index (κ1) is 17.7. The second kappa shape index (κ2) is 7.86. The Balaban J connectivity index is 1.61. The summed E-state index contributed by atoms with van der Waals surface area (Å²) < 4.78 is 5.13. The van der Waals surface area contributed by atoms with Crippen molar-refractivity contribution in [2.45, 2.75) is 6.42 Å². The number of amides is 1. The average Bonchev–Trinajstić information content (AvgIpc) is 2.68. The number of carbonyl (C=O) groups is 1. The zero-order valence-corrected chi connectivity index (χ0v) is 14.6. The molecule has 0 saturated carbocycles. The van der Waals surface area contributed by atoms with Crippen molar-refractivity contribution in [3.8, 4) is 5.75 Å². The molecule has 1 amide bonds. The Morgan fingerprint density at radius 2 is 1.81 bits per heavy atom. The number of anilines is 1. The fourth-order valence-corrected chi connectivity index (χ4v) is 3.11. The predicted molar refractivity (Wildman–Crippen MR) is 98.6 cm³/mol. The number of benzene rings is 2. The van der Waals surface area contributed by atoms with Gasteiger partial charge in [-0.1, -0.05) is 30.3 Å². The van der Waals surface area contributed by atoms with Crippen molar-refractivity contribution >= 4 is 17.3 Å². The highest BCUT2D eigenvalue weighted by molar-refractivity contribution is 5.79. The number of hydrogen-bond donors (Lipinski definition) is 0. The van der Waals surface area contributed by atoms with E-state index in [0.29, 0.717) is 32.6 Å². The summed E-state index contributed by atoms with van der Waals surface area (Å²) in [7, 11) is 1.42. The first-order valence-corrected chi connectivity index (χ1v) is 8.47. The van der Waals surface area contributed by atoms with E-state index < -0.39 is 4.92 Å². The molecule has 7 nitrogen and oxygen atoms in total. The number of methoxy groups -OCH3 is 1. The van der Waals surface area contributed by atoms with Crippen molar-refractivity contribution in [1.82, 2.24) is 4.90 Å². The molecule has 7 heteroatoms. The summed E-state index contributed by atoms with van der Waals surface area (Å²) >= 11 is 0. The lowest BCUT2D eigenvalue weighted by molar-refractivity contribution is -0.385. The molecule has 0 atom stereocenters. The number of nitro benzene ring substituents is 1. The normalized spacial score (nSPS) is 14.2. The van der Waals surface area contributed by atoms with Crippen LogP contribution in [0.5, 0.6) is 5.75 Å². The standard InChI is InChI=1S/C19H21N3O4/c1-26-18-14-16(7-8-17(18)22(24)25)20-9-11-21(12-10-20)19(23)13-15-5-3-2-4-6-15/h2-8,14H,9-13H2,1H3. The summed E-state index contributed by atoms with van der Waals surface area (Å²) in [6.07, 6.45) is 0.409. The number of nitro groups is 1. The number of hydrogen-bond acceptors (Lipinski definition) is 5. The highest BCUT2D eigenvalue weighted by Crippen LogP contribution is 2.31. The summed E-state index contributed by atoms with van der Waals surface area (Å²) in [5.74, 6) is 0.368. The maximum Gasteiger partial charge on any atom is 0.311 e. The van der Waals surface area contributed by atoms with Gasteiger partial charge in [-0.25, -0.2) is 0 Å². The summed E-state index contributed by atoms with van der Waals surface area (Å²) in [6, 6.07) is 14.6. The molecule has 0 spiro atoms. The van der Waals surface area contributed by atoms with E-state index in [1.54, 1.807) is 12.1 Å². The molecule has 0 aromatic heterocycles. The third-order valence-corrected chi connectivity index (χ3v) is 4.56. The number of nitrogens with zero attached hydrogens (tertiary/aromatic N) is 3. The molecule has 0 unspecified atom stereocenters. The Morgan fingerprint density at radius 1 is 1.12 bits per heavy atom. The van der Waals surface area contributed by atoms with Crippen LogP contribution in [0.25, 0.3) is 0 Å². The molecule has 1 fully saturated rings. The van der Waals surface area contributed by atoms with Crippen molar-refractivity contribution in [2.24, 2.45) is 0 Å². The highest BCUT2D eigenvalue weighted by atomic mass is 16.6. The predicted octanol–water partition coefficient (Wildman–Crippen LogP) is 2.49. The van der Waals surface area contributed by atoms with Crippen LogP contribution in [0, 0.1) is 10.1 Å². The lowest BCUT2D eigenvalue weighted by atomic mass is 10.1. The molecular formula is C19H21N3O4. The van der Waals surface area contributed by atoms with Crippen LogP contribution < -0.4 is 9.64 Å². The van der Waals surface area contributed by atoms with Gasteiger partial charge < -0.3 is 14.5 Å². The zero-order valence-electron chi connectivity index (χ0n) is 14.6. The summed E-state index contributed by atoms with van der Waals surface area (Å²) in [4.78, 5) is 27.0. The van der Waals surface area contributed by atoms with Crippen LogP contribution in [0.1, 0.15) is 5.56 Å². The Hall–Kier alpha value is -3.09. The fraction of sp³-hybridized carbons (Fsp3) is 0.316. The molecule has 1 aliphatic heterocycles. The Labute approximate surface area is 151 Å². The molecule has 0 N–H and O–H groups in total. The van der Waals surface area contributed by atoms with Gasteiger partial charge in [0.25, 0.3) is 0 Å². The molecule has 1 heterocycles. The van der Waals surface area contributed by atoms with E-state index in [-0.39, 0.29) is 17.3 Å². The van der Waals surface area contributed by atoms with Gasteiger partial charge in [-0.15, -0.1) is 0 Å². The van der Waals surface area contributed by atoms with Crippen molar-refractivity contribution in [2.75, 3.05) is 38.2 Å². The van der Waals surface area contributed by atoms with Crippen LogP contribution in [-0.2, 0) is 11.2 Å². The van der Waals surface area contributed by atoms with Crippen molar-refractivity contribution < 1.29 is 14.5 Å². The lowest BCUT2D eigenvalue weighted by Crippen LogP contribution is -2.49. The minimum absolute atomic E-state index is 0.0482. The van der Waals surface area contributed by atoms with Crippen LogP contribution >= 0.6 is 0 Å². The van der Waals surface area contributed by atoms with Gasteiger partial charge >= 0.3 is 5.69 Å². The smallest absolute Gasteiger partial charge is 0.311 e. The van der Waals surface area contributed by atoms with E-state index in [9.17, 15) is 14.9 Å². The molecule has 26 heavy (non-hydrogen) atoms. The van der Waals surface area contributed by atoms with Crippen LogP contribution in [0.15, 0.2) is 48.5 Å². The Morgan fingerprint density at radius 3 is 2.42 bits per heavy atom. The molecule has 0 aliphatic carbocycles. The number of piperazine rings is 1. The van der Waals surface area contributed by atoms with Crippen molar-refractivity contribution in [3.05, 3.63) is 64.2 Å². The van der Waals surface area contributed by atoms with Crippen molar-refractivity contribution in [1.29, 1.82) is 0 Å². The quantitative estimate of drug-likeness (QED) is 0.608. The first-order chi connectivity index (χ1) is 12.6. The molecular weight excluding hydrogens is 334 g/mol. The van der Waals surface area contributed by atoms with Crippen LogP contribution in [0.4, 0.5) is 11.4 Å². The van der Waals surface area contributed by atoms with Crippen LogP contribution in [0.2, 0.25) is 0 Å². The van der Waals surface area contributed by atoms with Gasteiger partial charge in [0, 0.05) is 44.0 Å². The van der Waals surface area contributed by atoms with Gasteiger partial charge in [0.2, 0.25) is 5.91 Å². The van der Waals surface area contributed by atoms with Gasteiger partial charge in [0.05, 0.1) is 18.5 Å². The number of carbonyl (C=O) groups excluding carboxylic acids is 1. The third kappa shape index (κ3) is 3.93. The van der Waals surface area contributed by atoms with E-state index in [4.69, 9.17) is 4.74 Å². The fourth-order valence-electron chi connectivity index (χ4n) is 3.11. The first-order valence-electron chi connectivity index (χ1n) is 8.47. The average molecular weight is 355 g/mol. The summed E-state index contributed by atoms with van der Waals surface area (Å²) in [5.41, 5.74) is 1.83. The SMILES string of the molecule is COc1cc(N2CCN(C(=O)Cc3ccccc3)CC2)ccc1[N+](=O)[O-]. The van der Waals surface area contributed by atoms with Gasteiger partial charge in [0.15, 0.2) is 5.75 Å².